The molecule has 0 N–H and O–H groups in total. The van der Waals surface area contributed by atoms with Gasteiger partial charge in [0.25, 0.3) is 6.71 Å². The maximum atomic E-state index is 9.35. The molecule has 0 unspecified atom stereocenters. The molecule has 0 saturated carbocycles. The lowest BCUT2D eigenvalue weighted by Crippen LogP contribution is -2.59. The summed E-state index contributed by atoms with van der Waals surface area (Å²) in [7, 11) is 0. The highest BCUT2D eigenvalue weighted by Gasteiger charge is 2.46. The summed E-state index contributed by atoms with van der Waals surface area (Å²) in [4.78, 5) is 2.42. The first kappa shape index (κ1) is 31.9. The van der Waals surface area contributed by atoms with E-state index in [1.807, 2.05) is 11.3 Å². The van der Waals surface area contributed by atoms with E-state index in [9.17, 15) is 2.74 Å². The summed E-state index contributed by atoms with van der Waals surface area (Å²) < 4.78 is 52.3. The van der Waals surface area contributed by atoms with Crippen molar-refractivity contribution in [3.63, 3.8) is 0 Å². The van der Waals surface area contributed by atoms with Crippen LogP contribution in [-0.2, 0) is 10.8 Å². The van der Waals surface area contributed by atoms with Gasteiger partial charge in [-0.1, -0.05) is 145 Å². The van der Waals surface area contributed by atoms with Crippen molar-refractivity contribution in [3.8, 4) is 22.5 Å². The van der Waals surface area contributed by atoms with Gasteiger partial charge in [0.15, 0.2) is 0 Å². The molecule has 2 aliphatic heterocycles. The molecule has 0 fully saturated rings. The third kappa shape index (κ3) is 5.14. The molecular weight excluding hydrogens is 782 g/mol. The van der Waals surface area contributed by atoms with Crippen molar-refractivity contribution < 1.29 is 6.85 Å². The van der Waals surface area contributed by atoms with Gasteiger partial charge in [0.1, 0.15) is 0 Å². The number of fused-ring (bicyclic) bond motifs is 13. The molecule has 0 aliphatic carbocycles. The zero-order chi connectivity index (χ0) is 46.9. The Morgan fingerprint density at radius 3 is 1.89 bits per heavy atom. The van der Waals surface area contributed by atoms with Crippen LogP contribution >= 0.6 is 11.3 Å². The fourth-order valence-corrected chi connectivity index (χ4v) is 12.0. The third-order valence-electron chi connectivity index (χ3n) is 13.7. The number of benzene rings is 8. The number of thiophene rings is 1. The van der Waals surface area contributed by atoms with Crippen molar-refractivity contribution in [3.05, 3.63) is 181 Å². The monoisotopic (exact) mass is 832 g/mol. The van der Waals surface area contributed by atoms with E-state index in [-0.39, 0.29) is 47.3 Å². The van der Waals surface area contributed by atoms with Crippen LogP contribution < -0.4 is 20.6 Å². The van der Waals surface area contributed by atoms with Gasteiger partial charge in [-0.2, -0.15) is 0 Å². The van der Waals surface area contributed by atoms with Crippen LogP contribution in [0.25, 0.3) is 76.2 Å². The average molecular weight is 833 g/mol. The van der Waals surface area contributed by atoms with Crippen LogP contribution in [0.3, 0.4) is 0 Å². The maximum Gasteiger partial charge on any atom is 0.265 e. The largest absolute Gasteiger partial charge is 0.310 e. The van der Waals surface area contributed by atoms with Crippen LogP contribution in [0.5, 0.6) is 0 Å². The van der Waals surface area contributed by atoms with E-state index < -0.39 is 6.04 Å². The molecule has 0 saturated heterocycles. The molecule has 3 aromatic heterocycles. The van der Waals surface area contributed by atoms with Gasteiger partial charge in [0.05, 0.1) is 34.6 Å². The van der Waals surface area contributed by atoms with Gasteiger partial charge in [0, 0.05) is 59.2 Å². The van der Waals surface area contributed by atoms with E-state index in [0.717, 1.165) is 66.7 Å². The van der Waals surface area contributed by atoms with Crippen LogP contribution in [0, 0.1) is 0 Å². The summed E-state index contributed by atoms with van der Waals surface area (Å²) in [5.74, 6) is 0. The highest BCUT2D eigenvalue weighted by Crippen LogP contribution is 2.49. The Labute approximate surface area is 379 Å². The highest BCUT2D eigenvalue weighted by atomic mass is 32.1. The molecule has 0 amide bonds. The predicted octanol–water partition coefficient (Wildman–Crippen LogP) is 14.0. The normalized spacial score (nSPS) is 14.6. The quantitative estimate of drug-likeness (QED) is 0.162. The smallest absolute Gasteiger partial charge is 0.265 e. The van der Waals surface area contributed by atoms with Gasteiger partial charge in [-0.05, 0) is 111 Å². The Morgan fingerprint density at radius 1 is 0.508 bits per heavy atom. The Kier molecular flexibility index (Phi) is 6.53. The van der Waals surface area contributed by atoms with Crippen molar-refractivity contribution in [2.24, 2.45) is 0 Å². The number of hydrogen-bond acceptors (Lipinski definition) is 2. The van der Waals surface area contributed by atoms with Gasteiger partial charge in [-0.3, -0.25) is 0 Å². The molecule has 8 aromatic carbocycles. The van der Waals surface area contributed by atoms with E-state index in [1.165, 1.54) is 42.2 Å². The minimum atomic E-state index is -0.404. The fraction of sp³-hybridized carbons (Fsp3) is 0.138. The zero-order valence-electron chi connectivity index (χ0n) is 41.1. The summed E-state index contributed by atoms with van der Waals surface area (Å²) in [6.07, 6.45) is 0. The van der Waals surface area contributed by atoms with E-state index in [0.29, 0.717) is 5.56 Å². The topological polar surface area (TPSA) is 13.1 Å². The van der Waals surface area contributed by atoms with Gasteiger partial charge in [-0.25, -0.2) is 0 Å². The Balaban J connectivity index is 1.27. The van der Waals surface area contributed by atoms with E-state index in [2.05, 4.69) is 195 Å². The molecule has 5 heteroatoms. The Bertz CT molecular complexity index is 3970. The lowest BCUT2D eigenvalue weighted by atomic mass is 9.36. The fourth-order valence-electron chi connectivity index (χ4n) is 10.7. The van der Waals surface area contributed by atoms with E-state index in [4.69, 9.17) is 4.11 Å². The lowest BCUT2D eigenvalue weighted by Gasteiger charge is -2.40. The van der Waals surface area contributed by atoms with Crippen LogP contribution in [0.2, 0.25) is 0 Å². The second kappa shape index (κ2) is 12.9. The summed E-state index contributed by atoms with van der Waals surface area (Å²) in [5, 5.41) is 5.82. The Hall–Kier alpha value is -6.82. The number of para-hydroxylation sites is 3. The zero-order valence-corrected chi connectivity index (χ0v) is 36.9. The highest BCUT2D eigenvalue weighted by molar-refractivity contribution is 7.34. The molecule has 3 nitrogen and oxygen atoms in total. The number of nitrogens with zero attached hydrogens (tertiary/aromatic N) is 3. The minimum Gasteiger partial charge on any atom is -0.310 e. The Morgan fingerprint density at radius 2 is 1.16 bits per heavy atom. The van der Waals surface area contributed by atoms with Gasteiger partial charge < -0.3 is 14.0 Å². The molecule has 11 aromatic rings. The first-order chi connectivity index (χ1) is 32.6. The third-order valence-corrected chi connectivity index (χ3v) is 14.9. The van der Waals surface area contributed by atoms with Gasteiger partial charge in [-0.15, -0.1) is 11.3 Å². The molecular formula is C58H46BN3S. The lowest BCUT2D eigenvalue weighted by molar-refractivity contribution is 0.590. The van der Waals surface area contributed by atoms with Crippen LogP contribution in [0.4, 0.5) is 17.1 Å². The van der Waals surface area contributed by atoms with Crippen molar-refractivity contribution in [1.82, 2.24) is 9.13 Å². The summed E-state index contributed by atoms with van der Waals surface area (Å²) >= 11 is 1.87. The molecule has 0 spiro atoms. The minimum absolute atomic E-state index is 0.0671. The number of rotatable bonds is 3. The molecule has 63 heavy (non-hydrogen) atoms. The van der Waals surface area contributed by atoms with Crippen LogP contribution in [0.15, 0.2) is 170 Å². The van der Waals surface area contributed by atoms with Crippen molar-refractivity contribution in [1.29, 1.82) is 0 Å². The van der Waals surface area contributed by atoms with Crippen LogP contribution in [-0.4, -0.2) is 15.8 Å². The first-order valence-corrected chi connectivity index (χ1v) is 22.7. The molecule has 302 valence electrons. The first-order valence-electron chi connectivity index (χ1n) is 24.4. The molecule has 5 heterocycles. The van der Waals surface area contributed by atoms with Crippen molar-refractivity contribution in [2.75, 3.05) is 4.90 Å². The summed E-state index contributed by atoms with van der Waals surface area (Å²) in [6.45, 7) is 13.3. The predicted molar refractivity (Wildman–Crippen MR) is 273 cm³/mol. The van der Waals surface area contributed by atoms with Gasteiger partial charge >= 0.3 is 0 Å². The van der Waals surface area contributed by atoms with Crippen molar-refractivity contribution >= 4 is 105 Å². The second-order valence-corrected chi connectivity index (χ2v) is 20.5. The number of hydrogen-bond donors (Lipinski definition) is 0. The van der Waals surface area contributed by atoms with E-state index in [1.54, 1.807) is 0 Å². The summed E-state index contributed by atoms with van der Waals surface area (Å²) in [6, 6.07) is 49.1. The standard InChI is InChI=1S/C58H46BN3S/c1-57(2,3)37-25-28-40(29-26-37)61-48-31-36(35-17-9-7-10-18-35)32-49-52(48)59(56-55(61)44-33-38(58(4,5)6)27-30-50(44)63-56)53-51-42-22-14-16-24-46(42)60(39-19-11-8-12-20-39)47(51)34-43-41-21-13-15-23-45(41)62(49)54(43)53/h7-34H,1-6H3/i7D,9D,10D,17D,18D. The molecule has 0 atom stereocenters. The second-order valence-electron chi connectivity index (χ2n) is 19.4. The maximum absolute atomic E-state index is 9.35. The summed E-state index contributed by atoms with van der Waals surface area (Å²) in [5.41, 5.74) is 14.9. The number of anilines is 3. The molecule has 2 aliphatic rings. The molecule has 13 rings (SSSR count). The molecule has 0 bridgehead atoms. The average Bonchev–Trinajstić information content (AvgIpc) is 3.99. The van der Waals surface area contributed by atoms with Crippen LogP contribution in [0.1, 0.15) is 59.5 Å². The van der Waals surface area contributed by atoms with E-state index >= 15 is 0 Å². The molecule has 0 radical (unpaired) electrons. The SMILES string of the molecule is [2H]c1c([2H])c([2H])c(-c2cc3c4c(c2)-n2c5ccccc5c5cc6c(c(c52)B4c2sc4ccc(C(C)(C)C)cc4c2N3c2ccc(C(C)(C)C)cc2)c2ccccc2n6-c2ccccc2)c([2H])c1[2H]. The number of aromatic nitrogens is 2. The van der Waals surface area contributed by atoms with Crippen molar-refractivity contribution in [2.45, 2.75) is 52.4 Å². The van der Waals surface area contributed by atoms with Gasteiger partial charge in [0.2, 0.25) is 0 Å².